The third-order valence-corrected chi connectivity index (χ3v) is 3.67. The molecule has 0 heterocycles. The van der Waals surface area contributed by atoms with E-state index in [1.54, 1.807) is 12.2 Å². The minimum atomic E-state index is -1.35. The van der Waals surface area contributed by atoms with E-state index < -0.39 is 22.9 Å². The predicted octanol–water partition coefficient (Wildman–Crippen LogP) is 3.01. The fourth-order valence-electron chi connectivity index (χ4n) is 2.16. The second-order valence-electron chi connectivity index (χ2n) is 7.10. The zero-order valence-corrected chi connectivity index (χ0v) is 12.1. The van der Waals surface area contributed by atoms with Crippen molar-refractivity contribution in [2.45, 2.75) is 47.1 Å². The summed E-state index contributed by atoms with van der Waals surface area (Å²) in [5.74, 6) is -1.89. The van der Waals surface area contributed by atoms with E-state index in [4.69, 9.17) is 0 Å². The number of hydrogen-bond acceptors (Lipinski definition) is 2. The molecule has 102 valence electrons. The molecule has 1 aliphatic rings. The number of carbonyl (C=O) groups is 1. The average Bonchev–Trinajstić information content (AvgIpc) is 2.14. The normalized spacial score (nSPS) is 29.1. The van der Waals surface area contributed by atoms with Gasteiger partial charge in [-0.3, -0.25) is 4.79 Å². The van der Waals surface area contributed by atoms with Gasteiger partial charge in [0.1, 0.15) is 11.5 Å². The van der Waals surface area contributed by atoms with Gasteiger partial charge in [-0.2, -0.15) is 0 Å². The molecule has 0 spiro atoms. The van der Waals surface area contributed by atoms with Gasteiger partial charge in [0, 0.05) is 0 Å². The van der Waals surface area contributed by atoms with Crippen LogP contribution in [0, 0.1) is 16.7 Å². The molecule has 0 radical (unpaired) electrons. The van der Waals surface area contributed by atoms with Crippen LogP contribution in [0.2, 0.25) is 0 Å². The van der Waals surface area contributed by atoms with Gasteiger partial charge in [0.2, 0.25) is 0 Å². The van der Waals surface area contributed by atoms with Crippen molar-refractivity contribution in [2.75, 3.05) is 0 Å². The molecule has 2 unspecified atom stereocenters. The monoisotopic (exact) mass is 252 g/mol. The summed E-state index contributed by atoms with van der Waals surface area (Å²) in [5.41, 5.74) is -1.06. The largest absolute Gasteiger partial charge is 0.481 e. The van der Waals surface area contributed by atoms with Crippen LogP contribution in [0.5, 0.6) is 0 Å². The molecule has 2 atom stereocenters. The number of allylic oxidation sites excluding steroid dienone is 2. The zero-order valence-electron chi connectivity index (χ0n) is 12.1. The lowest BCUT2D eigenvalue weighted by Crippen LogP contribution is -2.51. The Bertz CT molecular complexity index is 404. The molecule has 0 aromatic carbocycles. The van der Waals surface area contributed by atoms with Crippen LogP contribution >= 0.6 is 0 Å². The Kier molecular flexibility index (Phi) is 3.52. The van der Waals surface area contributed by atoms with Gasteiger partial charge >= 0.3 is 5.97 Å². The number of rotatable bonds is 1. The number of aliphatic hydroxyl groups is 1. The fourth-order valence-corrected chi connectivity index (χ4v) is 2.16. The topological polar surface area (TPSA) is 57.5 Å². The first-order chi connectivity index (χ1) is 7.89. The first-order valence-corrected chi connectivity index (χ1v) is 6.26. The minimum Gasteiger partial charge on any atom is -0.481 e. The molecule has 3 nitrogen and oxygen atoms in total. The molecule has 18 heavy (non-hydrogen) atoms. The SMILES string of the molecule is CC(C)(C)C1=CC(C(=O)O)C(O)(C(C)(C)C)C=C1. The maximum Gasteiger partial charge on any atom is 0.313 e. The van der Waals surface area contributed by atoms with E-state index in [0.29, 0.717) is 0 Å². The van der Waals surface area contributed by atoms with Crippen molar-refractivity contribution >= 4 is 5.97 Å². The maximum atomic E-state index is 11.5. The number of hydrogen-bond donors (Lipinski definition) is 2. The summed E-state index contributed by atoms with van der Waals surface area (Å²) in [6, 6.07) is 0. The molecule has 0 fully saturated rings. The third kappa shape index (κ3) is 2.51. The average molecular weight is 252 g/mol. The zero-order chi connectivity index (χ0) is 14.4. The van der Waals surface area contributed by atoms with Crippen molar-refractivity contribution in [2.24, 2.45) is 16.7 Å². The Morgan fingerprint density at radius 3 is 2.06 bits per heavy atom. The molecule has 0 bridgehead atoms. The highest BCUT2D eigenvalue weighted by Gasteiger charge is 2.49. The van der Waals surface area contributed by atoms with Crippen LogP contribution in [0.15, 0.2) is 23.8 Å². The van der Waals surface area contributed by atoms with Gasteiger partial charge in [-0.15, -0.1) is 0 Å². The number of aliphatic carboxylic acids is 1. The van der Waals surface area contributed by atoms with Crippen molar-refractivity contribution in [3.63, 3.8) is 0 Å². The Labute approximate surface area is 109 Å². The smallest absolute Gasteiger partial charge is 0.313 e. The lowest BCUT2D eigenvalue weighted by molar-refractivity contribution is -0.152. The van der Waals surface area contributed by atoms with Crippen molar-refractivity contribution in [3.05, 3.63) is 23.8 Å². The van der Waals surface area contributed by atoms with Crippen LogP contribution < -0.4 is 0 Å². The van der Waals surface area contributed by atoms with Crippen LogP contribution in [0.1, 0.15) is 41.5 Å². The van der Waals surface area contributed by atoms with Gasteiger partial charge in [-0.1, -0.05) is 59.8 Å². The van der Waals surface area contributed by atoms with E-state index in [1.165, 1.54) is 0 Å². The summed E-state index contributed by atoms with van der Waals surface area (Å²) in [6.45, 7) is 11.6. The number of carboxylic acids is 1. The molecular formula is C15H24O3. The predicted molar refractivity (Wildman–Crippen MR) is 72.2 cm³/mol. The molecule has 2 N–H and O–H groups in total. The quantitative estimate of drug-likeness (QED) is 0.754. The molecule has 0 amide bonds. The van der Waals surface area contributed by atoms with Crippen LogP contribution in [0.25, 0.3) is 0 Å². The van der Waals surface area contributed by atoms with Crippen molar-refractivity contribution in [1.82, 2.24) is 0 Å². The Hall–Kier alpha value is -1.09. The summed E-state index contributed by atoms with van der Waals surface area (Å²) < 4.78 is 0. The Morgan fingerprint density at radius 1 is 1.22 bits per heavy atom. The highest BCUT2D eigenvalue weighted by molar-refractivity contribution is 5.76. The van der Waals surface area contributed by atoms with E-state index in [1.807, 2.05) is 47.6 Å². The Morgan fingerprint density at radius 2 is 1.72 bits per heavy atom. The van der Waals surface area contributed by atoms with Crippen LogP contribution in [-0.4, -0.2) is 21.8 Å². The molecule has 0 saturated carbocycles. The molecule has 0 aromatic rings. The fraction of sp³-hybridized carbons (Fsp3) is 0.667. The molecular weight excluding hydrogens is 228 g/mol. The van der Waals surface area contributed by atoms with Crippen molar-refractivity contribution in [1.29, 1.82) is 0 Å². The van der Waals surface area contributed by atoms with E-state index in [9.17, 15) is 15.0 Å². The van der Waals surface area contributed by atoms with E-state index >= 15 is 0 Å². The van der Waals surface area contributed by atoms with Crippen molar-refractivity contribution < 1.29 is 15.0 Å². The van der Waals surface area contributed by atoms with Crippen molar-refractivity contribution in [3.8, 4) is 0 Å². The van der Waals surface area contributed by atoms with E-state index in [0.717, 1.165) is 5.57 Å². The van der Waals surface area contributed by atoms with E-state index in [-0.39, 0.29) is 5.41 Å². The summed E-state index contributed by atoms with van der Waals surface area (Å²) in [6.07, 6.45) is 5.19. The van der Waals surface area contributed by atoms with Crippen LogP contribution in [-0.2, 0) is 4.79 Å². The minimum absolute atomic E-state index is 0.122. The van der Waals surface area contributed by atoms with E-state index in [2.05, 4.69) is 0 Å². The highest BCUT2D eigenvalue weighted by atomic mass is 16.4. The van der Waals surface area contributed by atoms with Crippen LogP contribution in [0.3, 0.4) is 0 Å². The standard InChI is InChI=1S/C15H24O3/c1-13(2,3)10-7-8-15(18,14(4,5)6)11(9-10)12(16)17/h7-9,11,18H,1-6H3,(H,16,17). The second kappa shape index (κ2) is 4.23. The third-order valence-electron chi connectivity index (χ3n) is 3.67. The van der Waals surface area contributed by atoms with Gasteiger partial charge in [-0.25, -0.2) is 0 Å². The highest BCUT2D eigenvalue weighted by Crippen LogP contribution is 2.44. The number of carboxylic acid groups (broad SMARTS) is 1. The molecule has 3 heteroatoms. The Balaban J connectivity index is 3.29. The van der Waals surface area contributed by atoms with Crippen LogP contribution in [0.4, 0.5) is 0 Å². The first-order valence-electron chi connectivity index (χ1n) is 6.26. The van der Waals surface area contributed by atoms with Gasteiger partial charge in [-0.05, 0) is 16.4 Å². The summed E-state index contributed by atoms with van der Waals surface area (Å²) in [4.78, 5) is 11.5. The lowest BCUT2D eigenvalue weighted by atomic mass is 9.64. The molecule has 0 aliphatic heterocycles. The summed E-state index contributed by atoms with van der Waals surface area (Å²) >= 11 is 0. The molecule has 1 aliphatic carbocycles. The summed E-state index contributed by atoms with van der Waals surface area (Å²) in [7, 11) is 0. The van der Waals surface area contributed by atoms with Gasteiger partial charge in [0.05, 0.1) is 0 Å². The molecule has 0 saturated heterocycles. The first kappa shape index (κ1) is 15.0. The molecule has 1 rings (SSSR count). The van der Waals surface area contributed by atoms with Gasteiger partial charge < -0.3 is 10.2 Å². The lowest BCUT2D eigenvalue weighted by Gasteiger charge is -2.44. The summed E-state index contributed by atoms with van der Waals surface area (Å²) in [5, 5.41) is 20.1. The molecule has 0 aromatic heterocycles. The van der Waals surface area contributed by atoms with Gasteiger partial charge in [0.15, 0.2) is 0 Å². The maximum absolute atomic E-state index is 11.5. The second-order valence-corrected chi connectivity index (χ2v) is 7.10. The van der Waals surface area contributed by atoms with Gasteiger partial charge in [0.25, 0.3) is 0 Å².